The summed E-state index contributed by atoms with van der Waals surface area (Å²) >= 11 is 1.89. The Hall–Kier alpha value is -1.39. The summed E-state index contributed by atoms with van der Waals surface area (Å²) in [5.74, 6) is 0. The molecule has 0 radical (unpaired) electrons. The van der Waals surface area contributed by atoms with E-state index < -0.39 is 0 Å². The van der Waals surface area contributed by atoms with Gasteiger partial charge in [-0.1, -0.05) is 6.07 Å². The number of aryl methyl sites for hydroxylation is 2. The molecule has 0 aromatic carbocycles. The molecule has 21 heavy (non-hydrogen) atoms. The molecule has 0 spiro atoms. The zero-order valence-electron chi connectivity index (χ0n) is 12.0. The van der Waals surface area contributed by atoms with Crippen LogP contribution in [0.3, 0.4) is 0 Å². The average molecular weight is 300 g/mol. The first-order valence-corrected chi connectivity index (χ1v) is 8.73. The van der Waals surface area contributed by atoms with Gasteiger partial charge in [0.05, 0.1) is 0 Å². The van der Waals surface area contributed by atoms with Gasteiger partial charge in [0.2, 0.25) is 5.56 Å². The normalized spacial score (nSPS) is 24.4. The van der Waals surface area contributed by atoms with Gasteiger partial charge >= 0.3 is 0 Å². The zero-order chi connectivity index (χ0) is 14.2. The number of rotatable bonds is 2. The van der Waals surface area contributed by atoms with E-state index in [0.717, 1.165) is 25.0 Å². The molecule has 110 valence electrons. The van der Waals surface area contributed by atoms with Crippen molar-refractivity contribution in [3.8, 4) is 0 Å². The summed E-state index contributed by atoms with van der Waals surface area (Å²) in [5.41, 5.74) is 3.95. The number of fused-ring (bicyclic) bond motifs is 2. The van der Waals surface area contributed by atoms with Gasteiger partial charge in [-0.05, 0) is 61.1 Å². The predicted molar refractivity (Wildman–Crippen MR) is 85.9 cm³/mol. The first-order valence-electron chi connectivity index (χ1n) is 7.85. The Balaban J connectivity index is 1.61. The number of nitrogens with one attached hydrogen (secondary N) is 2. The van der Waals surface area contributed by atoms with Crippen LogP contribution in [0.15, 0.2) is 28.4 Å². The van der Waals surface area contributed by atoms with Crippen molar-refractivity contribution in [1.29, 1.82) is 0 Å². The highest BCUT2D eigenvalue weighted by Crippen LogP contribution is 2.37. The van der Waals surface area contributed by atoms with Crippen LogP contribution < -0.4 is 10.9 Å². The van der Waals surface area contributed by atoms with Crippen LogP contribution in [-0.2, 0) is 12.8 Å². The van der Waals surface area contributed by atoms with Crippen molar-refractivity contribution < 1.29 is 0 Å². The second kappa shape index (κ2) is 5.43. The van der Waals surface area contributed by atoms with Gasteiger partial charge in [0.15, 0.2) is 0 Å². The van der Waals surface area contributed by atoms with Crippen molar-refractivity contribution >= 4 is 11.3 Å². The number of thiophene rings is 1. The molecule has 0 saturated carbocycles. The standard InChI is InChI=1S/C17H20N2OS/c20-17-8-7-11-13(3-1-4-14(11)19-17)18-15-5-2-6-16-12(15)9-10-21-16/h7-10,13,15,18H,1-6H2,(H,19,20). The number of aromatic nitrogens is 1. The maximum absolute atomic E-state index is 11.5. The largest absolute Gasteiger partial charge is 0.326 e. The number of aromatic amines is 1. The van der Waals surface area contributed by atoms with E-state index in [0.29, 0.717) is 12.1 Å². The van der Waals surface area contributed by atoms with E-state index in [1.807, 2.05) is 17.4 Å². The lowest BCUT2D eigenvalue weighted by molar-refractivity contribution is 0.368. The van der Waals surface area contributed by atoms with Gasteiger partial charge in [-0.25, -0.2) is 0 Å². The SMILES string of the molecule is O=c1ccc2c([nH]1)CCCC2NC1CCCc2sccc21. The Bertz CT molecular complexity index is 703. The fourth-order valence-corrected chi connectivity index (χ4v) is 4.76. The molecule has 2 aromatic rings. The van der Waals surface area contributed by atoms with E-state index in [9.17, 15) is 4.79 Å². The smallest absolute Gasteiger partial charge is 0.248 e. The summed E-state index contributed by atoms with van der Waals surface area (Å²) in [4.78, 5) is 16.1. The highest BCUT2D eigenvalue weighted by Gasteiger charge is 2.27. The Morgan fingerprint density at radius 3 is 2.76 bits per heavy atom. The number of pyridine rings is 1. The van der Waals surface area contributed by atoms with Crippen LogP contribution in [0.5, 0.6) is 0 Å². The van der Waals surface area contributed by atoms with Crippen molar-refractivity contribution in [2.24, 2.45) is 0 Å². The van der Waals surface area contributed by atoms with Gasteiger partial charge < -0.3 is 10.3 Å². The molecule has 4 rings (SSSR count). The Morgan fingerprint density at radius 2 is 1.86 bits per heavy atom. The van der Waals surface area contributed by atoms with E-state index in [1.165, 1.54) is 30.4 Å². The van der Waals surface area contributed by atoms with Gasteiger partial charge in [-0.15, -0.1) is 11.3 Å². The van der Waals surface area contributed by atoms with Crippen LogP contribution in [0.1, 0.15) is 59.5 Å². The topological polar surface area (TPSA) is 44.9 Å². The number of hydrogen-bond donors (Lipinski definition) is 2. The molecule has 2 heterocycles. The van der Waals surface area contributed by atoms with Crippen LogP contribution in [0.4, 0.5) is 0 Å². The van der Waals surface area contributed by atoms with Crippen LogP contribution in [0.2, 0.25) is 0 Å². The third kappa shape index (κ3) is 2.47. The van der Waals surface area contributed by atoms with Crippen LogP contribution in [0.25, 0.3) is 0 Å². The van der Waals surface area contributed by atoms with Gasteiger partial charge in [0, 0.05) is 28.7 Å². The number of hydrogen-bond acceptors (Lipinski definition) is 3. The van der Waals surface area contributed by atoms with Crippen molar-refractivity contribution in [3.63, 3.8) is 0 Å². The summed E-state index contributed by atoms with van der Waals surface area (Å²) in [7, 11) is 0. The molecule has 0 aliphatic heterocycles. The molecule has 0 saturated heterocycles. The molecule has 2 N–H and O–H groups in total. The maximum atomic E-state index is 11.5. The highest BCUT2D eigenvalue weighted by molar-refractivity contribution is 7.10. The molecule has 2 aromatic heterocycles. The van der Waals surface area contributed by atoms with E-state index in [-0.39, 0.29) is 5.56 Å². The van der Waals surface area contributed by atoms with Crippen LogP contribution in [0, 0.1) is 0 Å². The Labute approximate surface area is 128 Å². The monoisotopic (exact) mass is 300 g/mol. The van der Waals surface area contributed by atoms with Crippen molar-refractivity contribution in [2.75, 3.05) is 0 Å². The highest BCUT2D eigenvalue weighted by atomic mass is 32.1. The summed E-state index contributed by atoms with van der Waals surface area (Å²) in [6, 6.07) is 6.82. The zero-order valence-corrected chi connectivity index (χ0v) is 12.8. The van der Waals surface area contributed by atoms with Gasteiger partial charge in [0.1, 0.15) is 0 Å². The molecule has 2 aliphatic rings. The molecule has 0 bridgehead atoms. The van der Waals surface area contributed by atoms with Crippen molar-refractivity contribution in [2.45, 2.75) is 50.6 Å². The molecular formula is C17H20N2OS. The molecule has 4 heteroatoms. The quantitative estimate of drug-likeness (QED) is 0.892. The summed E-state index contributed by atoms with van der Waals surface area (Å²) < 4.78 is 0. The molecule has 2 atom stereocenters. The van der Waals surface area contributed by atoms with Gasteiger partial charge in [-0.3, -0.25) is 4.79 Å². The van der Waals surface area contributed by atoms with E-state index >= 15 is 0 Å². The Kier molecular flexibility index (Phi) is 3.43. The molecule has 2 aliphatic carbocycles. The minimum Gasteiger partial charge on any atom is -0.326 e. The minimum absolute atomic E-state index is 0.0205. The third-order valence-electron chi connectivity index (χ3n) is 4.79. The lowest BCUT2D eigenvalue weighted by Gasteiger charge is -2.32. The average Bonchev–Trinajstić information content (AvgIpc) is 2.97. The van der Waals surface area contributed by atoms with E-state index in [4.69, 9.17) is 0 Å². The minimum atomic E-state index is 0.0205. The molecule has 3 nitrogen and oxygen atoms in total. The summed E-state index contributed by atoms with van der Waals surface area (Å²) in [6.07, 6.45) is 7.04. The second-order valence-corrected chi connectivity index (χ2v) is 7.11. The van der Waals surface area contributed by atoms with Crippen LogP contribution >= 0.6 is 11.3 Å². The molecular weight excluding hydrogens is 280 g/mol. The van der Waals surface area contributed by atoms with E-state index in [1.54, 1.807) is 10.9 Å². The molecule has 0 amide bonds. The summed E-state index contributed by atoms with van der Waals surface area (Å²) in [5, 5.41) is 6.08. The van der Waals surface area contributed by atoms with Crippen LogP contribution in [-0.4, -0.2) is 4.98 Å². The lowest BCUT2D eigenvalue weighted by atomic mass is 9.88. The fraction of sp³-hybridized carbons (Fsp3) is 0.471. The second-order valence-electron chi connectivity index (χ2n) is 6.11. The predicted octanol–water partition coefficient (Wildman–Crippen LogP) is 3.48. The molecule has 2 unspecified atom stereocenters. The van der Waals surface area contributed by atoms with E-state index in [2.05, 4.69) is 21.7 Å². The fourth-order valence-electron chi connectivity index (χ4n) is 3.78. The third-order valence-corrected chi connectivity index (χ3v) is 5.78. The number of H-pyrrole nitrogens is 1. The first kappa shape index (κ1) is 13.3. The Morgan fingerprint density at radius 1 is 1.05 bits per heavy atom. The maximum Gasteiger partial charge on any atom is 0.248 e. The van der Waals surface area contributed by atoms with Gasteiger partial charge in [-0.2, -0.15) is 0 Å². The first-order chi connectivity index (χ1) is 10.3. The molecule has 0 fully saturated rings. The van der Waals surface area contributed by atoms with Crippen molar-refractivity contribution in [1.82, 2.24) is 10.3 Å². The van der Waals surface area contributed by atoms with Crippen molar-refractivity contribution in [3.05, 3.63) is 55.6 Å². The summed E-state index contributed by atoms with van der Waals surface area (Å²) in [6.45, 7) is 0. The van der Waals surface area contributed by atoms with Gasteiger partial charge in [0.25, 0.3) is 0 Å². The lowest BCUT2D eigenvalue weighted by Crippen LogP contribution is -2.32.